The summed E-state index contributed by atoms with van der Waals surface area (Å²) in [6.07, 6.45) is 1.57. The standard InChI is InChI=1S/C18H23N5O2S/c1-12-6-3-4-8-15(12)23-13(2)20-21-18(23)26-11-16(24)22-9-5-7-14(10-22)17(19)25/h3-4,6,8,14H,5,7,9-11H2,1-2H3,(H2,19,25). The quantitative estimate of drug-likeness (QED) is 0.805. The van der Waals surface area contributed by atoms with Crippen molar-refractivity contribution >= 4 is 23.6 Å². The number of aryl methyl sites for hydroxylation is 2. The molecule has 0 bridgehead atoms. The van der Waals surface area contributed by atoms with Crippen LogP contribution in [-0.2, 0) is 9.59 Å². The van der Waals surface area contributed by atoms with Crippen LogP contribution in [0.5, 0.6) is 0 Å². The van der Waals surface area contributed by atoms with Gasteiger partial charge in [0.15, 0.2) is 5.16 Å². The summed E-state index contributed by atoms with van der Waals surface area (Å²) in [5, 5.41) is 9.08. The van der Waals surface area contributed by atoms with Crippen molar-refractivity contribution in [1.82, 2.24) is 19.7 Å². The van der Waals surface area contributed by atoms with Gasteiger partial charge in [0.2, 0.25) is 11.8 Å². The van der Waals surface area contributed by atoms with Gasteiger partial charge in [0.1, 0.15) is 5.82 Å². The second-order valence-electron chi connectivity index (χ2n) is 6.52. The number of nitrogens with two attached hydrogens (primary N) is 1. The highest BCUT2D eigenvalue weighted by molar-refractivity contribution is 7.99. The molecular formula is C18H23N5O2S. The van der Waals surface area contributed by atoms with Crippen molar-refractivity contribution < 1.29 is 9.59 Å². The molecule has 1 aromatic carbocycles. The molecule has 1 atom stereocenters. The maximum atomic E-state index is 12.6. The Morgan fingerprint density at radius 1 is 1.27 bits per heavy atom. The maximum absolute atomic E-state index is 12.6. The lowest BCUT2D eigenvalue weighted by atomic mass is 9.97. The van der Waals surface area contributed by atoms with Gasteiger partial charge in [-0.2, -0.15) is 0 Å². The van der Waals surface area contributed by atoms with Gasteiger partial charge in [-0.05, 0) is 38.3 Å². The van der Waals surface area contributed by atoms with Gasteiger partial charge in [-0.1, -0.05) is 30.0 Å². The van der Waals surface area contributed by atoms with Crippen molar-refractivity contribution in [3.8, 4) is 5.69 Å². The zero-order chi connectivity index (χ0) is 18.7. The smallest absolute Gasteiger partial charge is 0.233 e. The molecule has 1 aromatic heterocycles. The minimum absolute atomic E-state index is 0.00191. The van der Waals surface area contributed by atoms with E-state index in [0.717, 1.165) is 29.9 Å². The molecule has 1 aliphatic heterocycles. The second-order valence-corrected chi connectivity index (χ2v) is 7.46. The molecule has 1 fully saturated rings. The number of amides is 2. The molecular weight excluding hydrogens is 350 g/mol. The number of primary amides is 1. The van der Waals surface area contributed by atoms with Gasteiger partial charge in [-0.25, -0.2) is 0 Å². The number of aromatic nitrogens is 3. The van der Waals surface area contributed by atoms with Gasteiger partial charge in [0.25, 0.3) is 0 Å². The Hall–Kier alpha value is -2.35. The molecule has 0 spiro atoms. The van der Waals surface area contributed by atoms with Crippen LogP contribution < -0.4 is 5.73 Å². The van der Waals surface area contributed by atoms with Crippen LogP contribution in [0.25, 0.3) is 5.69 Å². The number of nitrogens with zero attached hydrogens (tertiary/aromatic N) is 4. The number of likely N-dealkylation sites (tertiary alicyclic amines) is 1. The van der Waals surface area contributed by atoms with Crippen LogP contribution in [-0.4, -0.2) is 50.3 Å². The first-order chi connectivity index (χ1) is 12.5. The van der Waals surface area contributed by atoms with Crippen LogP contribution in [0, 0.1) is 19.8 Å². The van der Waals surface area contributed by atoms with Gasteiger partial charge >= 0.3 is 0 Å². The van der Waals surface area contributed by atoms with E-state index >= 15 is 0 Å². The van der Waals surface area contributed by atoms with E-state index in [2.05, 4.69) is 10.2 Å². The Balaban J connectivity index is 1.70. The van der Waals surface area contributed by atoms with Gasteiger partial charge < -0.3 is 10.6 Å². The molecule has 1 saturated heterocycles. The summed E-state index contributed by atoms with van der Waals surface area (Å²) < 4.78 is 1.97. The number of thioether (sulfide) groups is 1. The summed E-state index contributed by atoms with van der Waals surface area (Å²) in [6.45, 7) is 5.02. The summed E-state index contributed by atoms with van der Waals surface area (Å²) >= 11 is 1.36. The van der Waals surface area contributed by atoms with Crippen LogP contribution in [0.2, 0.25) is 0 Å². The molecule has 0 aliphatic carbocycles. The minimum Gasteiger partial charge on any atom is -0.369 e. The molecule has 26 heavy (non-hydrogen) atoms. The predicted octanol–water partition coefficient (Wildman–Crippen LogP) is 1.70. The SMILES string of the molecule is Cc1ccccc1-n1c(C)nnc1SCC(=O)N1CCCC(C(N)=O)C1. The number of carbonyl (C=O) groups excluding carboxylic acids is 2. The van der Waals surface area contributed by atoms with Crippen molar-refractivity contribution in [1.29, 1.82) is 0 Å². The lowest BCUT2D eigenvalue weighted by Gasteiger charge is -2.31. The first-order valence-electron chi connectivity index (χ1n) is 8.65. The highest BCUT2D eigenvalue weighted by Gasteiger charge is 2.27. The van der Waals surface area contributed by atoms with E-state index in [4.69, 9.17) is 5.73 Å². The van der Waals surface area contributed by atoms with Crippen LogP contribution in [0.1, 0.15) is 24.2 Å². The summed E-state index contributed by atoms with van der Waals surface area (Å²) in [5.41, 5.74) is 7.52. The average Bonchev–Trinajstić information content (AvgIpc) is 3.00. The van der Waals surface area contributed by atoms with Crippen molar-refractivity contribution in [2.24, 2.45) is 11.7 Å². The molecule has 2 N–H and O–H groups in total. The number of para-hydroxylation sites is 1. The number of carbonyl (C=O) groups is 2. The zero-order valence-corrected chi connectivity index (χ0v) is 15.8. The third-order valence-electron chi connectivity index (χ3n) is 4.65. The van der Waals surface area contributed by atoms with E-state index in [0.29, 0.717) is 18.2 Å². The molecule has 0 saturated carbocycles. The summed E-state index contributed by atoms with van der Waals surface area (Å²) in [4.78, 5) is 25.7. The third kappa shape index (κ3) is 3.90. The molecule has 2 aromatic rings. The van der Waals surface area contributed by atoms with Crippen molar-refractivity contribution in [2.75, 3.05) is 18.8 Å². The van der Waals surface area contributed by atoms with Crippen molar-refractivity contribution in [3.63, 3.8) is 0 Å². The minimum atomic E-state index is -0.329. The first-order valence-corrected chi connectivity index (χ1v) is 9.64. The molecule has 1 aliphatic rings. The zero-order valence-electron chi connectivity index (χ0n) is 15.0. The Kier molecular flexibility index (Phi) is 5.61. The average molecular weight is 373 g/mol. The van der Waals surface area contributed by atoms with Crippen LogP contribution in [0.15, 0.2) is 29.4 Å². The van der Waals surface area contributed by atoms with Gasteiger partial charge in [0.05, 0.1) is 17.4 Å². The van der Waals surface area contributed by atoms with Crippen molar-refractivity contribution in [3.05, 3.63) is 35.7 Å². The van der Waals surface area contributed by atoms with E-state index in [1.165, 1.54) is 11.8 Å². The molecule has 0 radical (unpaired) electrons. The molecule has 3 rings (SSSR count). The van der Waals surface area contributed by atoms with Crippen LogP contribution in [0.3, 0.4) is 0 Å². The topological polar surface area (TPSA) is 94.1 Å². The highest BCUT2D eigenvalue weighted by Crippen LogP contribution is 2.25. The Bertz CT molecular complexity index is 820. The third-order valence-corrected chi connectivity index (χ3v) is 5.57. The van der Waals surface area contributed by atoms with Crippen LogP contribution in [0.4, 0.5) is 0 Å². The van der Waals surface area contributed by atoms with E-state index in [1.54, 1.807) is 4.90 Å². The van der Waals surface area contributed by atoms with E-state index in [1.807, 2.05) is 42.7 Å². The maximum Gasteiger partial charge on any atom is 0.233 e. The number of piperidine rings is 1. The highest BCUT2D eigenvalue weighted by atomic mass is 32.2. The summed E-state index contributed by atoms with van der Waals surface area (Å²) in [7, 11) is 0. The molecule has 2 amide bonds. The van der Waals surface area contributed by atoms with E-state index < -0.39 is 0 Å². The van der Waals surface area contributed by atoms with E-state index in [9.17, 15) is 9.59 Å². The van der Waals surface area contributed by atoms with Gasteiger partial charge in [-0.3, -0.25) is 14.2 Å². The van der Waals surface area contributed by atoms with E-state index in [-0.39, 0.29) is 23.5 Å². The number of hydrogen-bond donors (Lipinski definition) is 1. The Morgan fingerprint density at radius 3 is 2.77 bits per heavy atom. The first kappa shape index (κ1) is 18.4. The Labute approximate surface area is 157 Å². The fourth-order valence-corrected chi connectivity index (χ4v) is 4.07. The van der Waals surface area contributed by atoms with Crippen molar-refractivity contribution in [2.45, 2.75) is 31.8 Å². The summed E-state index contributed by atoms with van der Waals surface area (Å²) in [6, 6.07) is 8.01. The fraction of sp³-hybridized carbons (Fsp3) is 0.444. The normalized spacial score (nSPS) is 17.3. The molecule has 8 heteroatoms. The molecule has 138 valence electrons. The predicted molar refractivity (Wildman–Crippen MR) is 100 cm³/mol. The summed E-state index contributed by atoms with van der Waals surface area (Å²) in [5.74, 6) is 0.467. The lowest BCUT2D eigenvalue weighted by Crippen LogP contribution is -2.44. The number of hydrogen-bond acceptors (Lipinski definition) is 5. The molecule has 7 nitrogen and oxygen atoms in total. The number of benzene rings is 1. The molecule has 1 unspecified atom stereocenters. The molecule has 2 heterocycles. The van der Waals surface area contributed by atoms with Crippen LogP contribution >= 0.6 is 11.8 Å². The Morgan fingerprint density at radius 2 is 2.04 bits per heavy atom. The fourth-order valence-electron chi connectivity index (χ4n) is 3.18. The van der Waals surface area contributed by atoms with Gasteiger partial charge in [0, 0.05) is 13.1 Å². The monoisotopic (exact) mass is 373 g/mol. The lowest BCUT2D eigenvalue weighted by molar-refractivity contribution is -0.132. The number of rotatable bonds is 5. The second kappa shape index (κ2) is 7.90. The van der Waals surface area contributed by atoms with Gasteiger partial charge in [-0.15, -0.1) is 10.2 Å². The largest absolute Gasteiger partial charge is 0.369 e.